The van der Waals surface area contributed by atoms with E-state index < -0.39 is 0 Å². The number of aryl methyl sites for hydroxylation is 1. The van der Waals surface area contributed by atoms with Gasteiger partial charge in [0.15, 0.2) is 0 Å². The van der Waals surface area contributed by atoms with Gasteiger partial charge in [-0.25, -0.2) is 0 Å². The Kier molecular flexibility index (Phi) is 2.68. The number of rotatable bonds is 2. The zero-order valence-corrected chi connectivity index (χ0v) is 8.29. The van der Waals surface area contributed by atoms with Gasteiger partial charge in [-0.3, -0.25) is 4.79 Å². The van der Waals surface area contributed by atoms with E-state index in [0.717, 1.165) is 17.9 Å². The second-order valence-electron chi connectivity index (χ2n) is 3.51. The third-order valence-electron chi connectivity index (χ3n) is 2.46. The van der Waals surface area contributed by atoms with Crippen molar-refractivity contribution in [3.63, 3.8) is 0 Å². The van der Waals surface area contributed by atoms with Crippen LogP contribution in [-0.2, 0) is 16.0 Å². The topological polar surface area (TPSA) is 39.4 Å². The first-order valence-electron chi connectivity index (χ1n) is 5.01. The zero-order chi connectivity index (χ0) is 9.97. The van der Waals surface area contributed by atoms with E-state index in [1.807, 2.05) is 19.1 Å². The van der Waals surface area contributed by atoms with Crippen molar-refractivity contribution in [3.05, 3.63) is 23.7 Å². The van der Waals surface area contributed by atoms with Crippen LogP contribution in [0.25, 0.3) is 0 Å². The van der Waals surface area contributed by atoms with Gasteiger partial charge in [-0.1, -0.05) is 6.92 Å². The van der Waals surface area contributed by atoms with Crippen LogP contribution in [0.2, 0.25) is 0 Å². The quantitative estimate of drug-likeness (QED) is 0.725. The van der Waals surface area contributed by atoms with Crippen LogP contribution < -0.4 is 0 Å². The highest BCUT2D eigenvalue weighted by Crippen LogP contribution is 2.27. The van der Waals surface area contributed by atoms with Crippen LogP contribution in [0.5, 0.6) is 0 Å². The molecule has 0 aromatic carbocycles. The molecule has 1 aromatic heterocycles. The van der Waals surface area contributed by atoms with E-state index in [2.05, 4.69) is 0 Å². The minimum atomic E-state index is -0.156. The Bertz CT molecular complexity index is 327. The average Bonchev–Trinajstić information content (AvgIpc) is 2.66. The predicted molar refractivity (Wildman–Crippen MR) is 51.0 cm³/mol. The summed E-state index contributed by atoms with van der Waals surface area (Å²) in [4.78, 5) is 11.2. The third kappa shape index (κ3) is 1.87. The van der Waals surface area contributed by atoms with Gasteiger partial charge in [-0.15, -0.1) is 0 Å². The Morgan fingerprint density at radius 3 is 3.00 bits per heavy atom. The Labute approximate surface area is 83.0 Å². The minimum absolute atomic E-state index is 0.156. The monoisotopic (exact) mass is 194 g/mol. The van der Waals surface area contributed by atoms with Gasteiger partial charge < -0.3 is 9.15 Å². The molecule has 0 amide bonds. The maximum atomic E-state index is 11.2. The molecule has 0 N–H and O–H groups in total. The second kappa shape index (κ2) is 3.96. The molecule has 1 saturated heterocycles. The first-order chi connectivity index (χ1) is 6.79. The first-order valence-corrected chi connectivity index (χ1v) is 5.01. The number of ketones is 1. The largest absolute Gasteiger partial charge is 0.463 e. The van der Waals surface area contributed by atoms with Gasteiger partial charge in [0.05, 0.1) is 6.61 Å². The Morgan fingerprint density at radius 2 is 2.36 bits per heavy atom. The molecule has 76 valence electrons. The molecule has 1 aromatic rings. The number of hydrogen-bond donors (Lipinski definition) is 0. The lowest BCUT2D eigenvalue weighted by Gasteiger charge is -2.19. The molecule has 1 fully saturated rings. The van der Waals surface area contributed by atoms with E-state index in [9.17, 15) is 4.79 Å². The molecule has 14 heavy (non-hydrogen) atoms. The maximum Gasteiger partial charge on any atom is 0.138 e. The maximum absolute atomic E-state index is 11.2. The smallest absolute Gasteiger partial charge is 0.138 e. The molecular weight excluding hydrogens is 180 g/mol. The van der Waals surface area contributed by atoms with E-state index in [1.165, 1.54) is 0 Å². The van der Waals surface area contributed by atoms with Gasteiger partial charge in [-0.05, 0) is 12.1 Å². The van der Waals surface area contributed by atoms with E-state index in [0.29, 0.717) is 19.4 Å². The number of carbonyl (C=O) groups excluding carboxylic acids is 1. The summed E-state index contributed by atoms with van der Waals surface area (Å²) >= 11 is 0. The van der Waals surface area contributed by atoms with Crippen LogP contribution in [-0.4, -0.2) is 12.4 Å². The molecule has 0 aliphatic carbocycles. The molecule has 0 bridgehead atoms. The molecule has 3 nitrogen and oxygen atoms in total. The fourth-order valence-electron chi connectivity index (χ4n) is 1.62. The molecule has 2 heterocycles. The number of hydrogen-bond acceptors (Lipinski definition) is 3. The molecule has 3 heteroatoms. The molecule has 1 aliphatic rings. The van der Waals surface area contributed by atoms with Crippen molar-refractivity contribution in [1.29, 1.82) is 0 Å². The molecule has 0 spiro atoms. The Balaban J connectivity index is 2.09. The molecule has 1 aliphatic heterocycles. The molecule has 2 rings (SSSR count). The summed E-state index contributed by atoms with van der Waals surface area (Å²) in [7, 11) is 0. The van der Waals surface area contributed by atoms with Crippen molar-refractivity contribution in [2.45, 2.75) is 32.3 Å². The Hall–Kier alpha value is -1.09. The van der Waals surface area contributed by atoms with Gasteiger partial charge in [0, 0.05) is 19.3 Å². The average molecular weight is 194 g/mol. The van der Waals surface area contributed by atoms with Crippen LogP contribution >= 0.6 is 0 Å². The summed E-state index contributed by atoms with van der Waals surface area (Å²) in [5, 5.41) is 0. The Morgan fingerprint density at radius 1 is 1.50 bits per heavy atom. The number of ether oxygens (including phenoxy) is 1. The number of Topliss-reactive ketones (excluding diaryl/α,β-unsaturated/α-hetero) is 1. The summed E-state index contributed by atoms with van der Waals surface area (Å²) in [6, 6.07) is 3.85. The zero-order valence-electron chi connectivity index (χ0n) is 8.29. The number of furan rings is 1. The van der Waals surface area contributed by atoms with Crippen LogP contribution in [0.3, 0.4) is 0 Å². The van der Waals surface area contributed by atoms with Gasteiger partial charge >= 0.3 is 0 Å². The van der Waals surface area contributed by atoms with Crippen LogP contribution in [0, 0.1) is 0 Å². The normalized spacial score (nSPS) is 22.6. The van der Waals surface area contributed by atoms with E-state index in [-0.39, 0.29) is 11.9 Å². The first kappa shape index (κ1) is 9.46. The summed E-state index contributed by atoms with van der Waals surface area (Å²) < 4.78 is 11.0. The van der Waals surface area contributed by atoms with Crippen LogP contribution in [0.4, 0.5) is 0 Å². The summed E-state index contributed by atoms with van der Waals surface area (Å²) in [6.45, 7) is 2.56. The van der Waals surface area contributed by atoms with Crippen molar-refractivity contribution in [2.75, 3.05) is 6.61 Å². The summed E-state index contributed by atoms with van der Waals surface area (Å²) in [5.74, 6) is 1.99. The van der Waals surface area contributed by atoms with Crippen molar-refractivity contribution < 1.29 is 13.9 Å². The van der Waals surface area contributed by atoms with E-state index in [4.69, 9.17) is 9.15 Å². The fourth-order valence-corrected chi connectivity index (χ4v) is 1.62. The van der Waals surface area contributed by atoms with Gasteiger partial charge in [0.2, 0.25) is 0 Å². The lowest BCUT2D eigenvalue weighted by molar-refractivity contribution is -0.129. The van der Waals surface area contributed by atoms with Gasteiger partial charge in [0.1, 0.15) is 23.4 Å². The number of carbonyl (C=O) groups is 1. The SMILES string of the molecule is CCc1ccc(C2CC(=O)CCO2)o1. The standard InChI is InChI=1S/C11H14O3/c1-2-9-3-4-10(14-9)11-7-8(12)5-6-13-11/h3-4,11H,2,5-7H2,1H3. The highest BCUT2D eigenvalue weighted by atomic mass is 16.5. The molecule has 0 radical (unpaired) electrons. The molecular formula is C11H14O3. The lowest BCUT2D eigenvalue weighted by Crippen LogP contribution is -2.18. The molecule has 1 unspecified atom stereocenters. The summed E-state index contributed by atoms with van der Waals surface area (Å²) in [6.07, 6.45) is 1.71. The second-order valence-corrected chi connectivity index (χ2v) is 3.51. The van der Waals surface area contributed by atoms with Crippen LogP contribution in [0.1, 0.15) is 37.4 Å². The minimum Gasteiger partial charge on any atom is -0.463 e. The summed E-state index contributed by atoms with van der Waals surface area (Å²) in [5.41, 5.74) is 0. The highest BCUT2D eigenvalue weighted by Gasteiger charge is 2.24. The van der Waals surface area contributed by atoms with Crippen LogP contribution in [0.15, 0.2) is 16.5 Å². The van der Waals surface area contributed by atoms with Crippen molar-refractivity contribution in [2.24, 2.45) is 0 Å². The molecule has 0 saturated carbocycles. The van der Waals surface area contributed by atoms with Crippen molar-refractivity contribution >= 4 is 5.78 Å². The van der Waals surface area contributed by atoms with E-state index in [1.54, 1.807) is 0 Å². The predicted octanol–water partition coefficient (Wildman–Crippen LogP) is 2.26. The van der Waals surface area contributed by atoms with Gasteiger partial charge in [-0.2, -0.15) is 0 Å². The third-order valence-corrected chi connectivity index (χ3v) is 2.46. The van der Waals surface area contributed by atoms with Crippen molar-refractivity contribution in [3.8, 4) is 0 Å². The fraction of sp³-hybridized carbons (Fsp3) is 0.545. The molecule has 1 atom stereocenters. The lowest BCUT2D eigenvalue weighted by atomic mass is 10.1. The van der Waals surface area contributed by atoms with Crippen molar-refractivity contribution in [1.82, 2.24) is 0 Å². The van der Waals surface area contributed by atoms with Gasteiger partial charge in [0.25, 0.3) is 0 Å². The van der Waals surface area contributed by atoms with E-state index >= 15 is 0 Å². The highest BCUT2D eigenvalue weighted by molar-refractivity contribution is 5.79.